The smallest absolute Gasteiger partial charge is 0.329 e. The topological polar surface area (TPSA) is 46.6 Å². The van der Waals surface area contributed by atoms with Gasteiger partial charge in [0.15, 0.2) is 0 Å². The lowest BCUT2D eigenvalue weighted by molar-refractivity contribution is -0.149. The summed E-state index contributed by atoms with van der Waals surface area (Å²) in [6.45, 7) is 4.16. The van der Waals surface area contributed by atoms with Gasteiger partial charge in [0.05, 0.1) is 21.7 Å². The van der Waals surface area contributed by atoms with Crippen molar-refractivity contribution in [1.82, 2.24) is 4.90 Å². The van der Waals surface area contributed by atoms with Crippen LogP contribution in [0, 0.1) is 0 Å². The molecule has 0 saturated heterocycles. The molecule has 1 aromatic carbocycles. The Hall–Kier alpha value is -1.79. The Morgan fingerprint density at radius 2 is 2.00 bits per heavy atom. The van der Waals surface area contributed by atoms with Crippen LogP contribution in [-0.4, -0.2) is 35.7 Å². The van der Waals surface area contributed by atoms with Gasteiger partial charge in [0.1, 0.15) is 6.04 Å². The molecule has 26 heavy (non-hydrogen) atoms. The Bertz CT molecular complexity index is 802. The summed E-state index contributed by atoms with van der Waals surface area (Å²) in [5, 5.41) is 0. The molecule has 4 nitrogen and oxygen atoms in total. The van der Waals surface area contributed by atoms with Crippen molar-refractivity contribution in [1.29, 1.82) is 0 Å². The quantitative estimate of drug-likeness (QED) is 0.556. The molecule has 6 heteroatoms. The molecule has 1 aliphatic heterocycles. The largest absolute Gasteiger partial charge is 0.464 e. The van der Waals surface area contributed by atoms with Crippen LogP contribution in [0.15, 0.2) is 40.6 Å². The molecule has 2 heterocycles. The highest BCUT2D eigenvalue weighted by Gasteiger charge is 2.41. The van der Waals surface area contributed by atoms with E-state index in [9.17, 15) is 9.59 Å². The number of esters is 1. The van der Waals surface area contributed by atoms with Crippen LogP contribution < -0.4 is 0 Å². The second kappa shape index (κ2) is 8.27. The molecule has 2 atom stereocenters. The molecule has 0 bridgehead atoms. The second-order valence-electron chi connectivity index (χ2n) is 6.13. The fraction of sp³-hybridized carbons (Fsp3) is 0.400. The lowest BCUT2D eigenvalue weighted by Crippen LogP contribution is -2.51. The van der Waals surface area contributed by atoms with Crippen LogP contribution in [0.25, 0.3) is 0 Å². The van der Waals surface area contributed by atoms with E-state index < -0.39 is 6.04 Å². The molecule has 0 saturated carbocycles. The van der Waals surface area contributed by atoms with Gasteiger partial charge >= 0.3 is 5.97 Å². The summed E-state index contributed by atoms with van der Waals surface area (Å²) in [5.41, 5.74) is 2.25. The van der Waals surface area contributed by atoms with Gasteiger partial charge in [0.25, 0.3) is 5.91 Å². The molecule has 0 N–H and O–H groups in total. The van der Waals surface area contributed by atoms with Crippen molar-refractivity contribution >= 4 is 35.0 Å². The Morgan fingerprint density at radius 3 is 2.65 bits per heavy atom. The Morgan fingerprint density at radius 1 is 1.23 bits per heavy atom. The number of benzene rings is 1. The molecule has 138 valence electrons. The first kappa shape index (κ1) is 19.0. The highest BCUT2D eigenvalue weighted by molar-refractivity contribution is 8.00. The molecule has 2 unspecified atom stereocenters. The lowest BCUT2D eigenvalue weighted by atomic mass is 9.86. The van der Waals surface area contributed by atoms with Crippen LogP contribution in [0.3, 0.4) is 0 Å². The average Bonchev–Trinajstić information content (AvgIpc) is 3.15. The van der Waals surface area contributed by atoms with Gasteiger partial charge in [-0.3, -0.25) is 4.79 Å². The minimum atomic E-state index is -0.581. The zero-order valence-electron chi connectivity index (χ0n) is 15.2. The predicted molar refractivity (Wildman–Crippen MR) is 106 cm³/mol. The maximum atomic E-state index is 13.3. The van der Waals surface area contributed by atoms with Gasteiger partial charge in [-0.15, -0.1) is 23.1 Å². The first-order valence-electron chi connectivity index (χ1n) is 8.81. The average molecular weight is 390 g/mol. The highest BCUT2D eigenvalue weighted by Crippen LogP contribution is 2.38. The van der Waals surface area contributed by atoms with Crippen molar-refractivity contribution in [3.05, 3.63) is 52.4 Å². The number of fused-ring (bicyclic) bond motifs is 1. The number of hydrogen-bond acceptors (Lipinski definition) is 5. The zero-order valence-corrected chi connectivity index (χ0v) is 16.9. The van der Waals surface area contributed by atoms with Crippen molar-refractivity contribution in [3.8, 4) is 0 Å². The van der Waals surface area contributed by atoms with E-state index in [1.807, 2.05) is 36.6 Å². The maximum Gasteiger partial charge on any atom is 0.329 e. The molecule has 1 aliphatic rings. The van der Waals surface area contributed by atoms with Crippen LogP contribution in [0.5, 0.6) is 0 Å². The lowest BCUT2D eigenvalue weighted by Gasteiger charge is -2.41. The summed E-state index contributed by atoms with van der Waals surface area (Å²) < 4.78 is 6.39. The number of thioether (sulfide) groups is 1. The first-order valence-corrected chi connectivity index (χ1v) is 10.9. The van der Waals surface area contributed by atoms with Gasteiger partial charge in [0.2, 0.25) is 0 Å². The third-order valence-corrected chi connectivity index (χ3v) is 6.83. The van der Waals surface area contributed by atoms with Crippen LogP contribution in [0.2, 0.25) is 0 Å². The van der Waals surface area contributed by atoms with Gasteiger partial charge in [-0.1, -0.05) is 31.2 Å². The van der Waals surface area contributed by atoms with E-state index in [-0.39, 0.29) is 17.9 Å². The molecule has 0 radical (unpaired) electrons. The van der Waals surface area contributed by atoms with Crippen molar-refractivity contribution in [2.75, 3.05) is 12.9 Å². The van der Waals surface area contributed by atoms with E-state index >= 15 is 0 Å². The van der Waals surface area contributed by atoms with Crippen molar-refractivity contribution < 1.29 is 14.3 Å². The third-order valence-electron chi connectivity index (χ3n) is 4.67. The number of ether oxygens (including phenoxy) is 1. The van der Waals surface area contributed by atoms with Crippen molar-refractivity contribution in [3.63, 3.8) is 0 Å². The van der Waals surface area contributed by atoms with E-state index in [1.54, 1.807) is 23.6 Å². The fourth-order valence-corrected chi connectivity index (χ4v) is 5.01. The summed E-state index contributed by atoms with van der Waals surface area (Å²) in [4.78, 5) is 28.4. The normalized spacial score (nSPS) is 19.1. The van der Waals surface area contributed by atoms with Gasteiger partial charge in [-0.25, -0.2) is 4.79 Å². The summed E-state index contributed by atoms with van der Waals surface area (Å²) in [5.74, 6) is -0.412. The number of amides is 1. The van der Waals surface area contributed by atoms with Crippen LogP contribution in [0.4, 0.5) is 0 Å². The van der Waals surface area contributed by atoms with Crippen LogP contribution in [0.1, 0.15) is 47.1 Å². The predicted octanol–water partition coefficient (Wildman–Crippen LogP) is 4.55. The molecular formula is C20H23NO3S2. The minimum Gasteiger partial charge on any atom is -0.464 e. The molecule has 0 aliphatic carbocycles. The highest BCUT2D eigenvalue weighted by atomic mass is 32.2. The second-order valence-corrected chi connectivity index (χ2v) is 8.32. The summed E-state index contributed by atoms with van der Waals surface area (Å²) in [6.07, 6.45) is 3.24. The molecule has 2 aromatic rings. The fourth-order valence-electron chi connectivity index (χ4n) is 3.53. The van der Waals surface area contributed by atoms with E-state index in [4.69, 9.17) is 4.74 Å². The molecule has 1 amide bonds. The molecular weight excluding hydrogens is 366 g/mol. The van der Waals surface area contributed by atoms with E-state index in [0.29, 0.717) is 17.9 Å². The molecule has 0 fully saturated rings. The van der Waals surface area contributed by atoms with E-state index in [2.05, 4.69) is 13.0 Å². The van der Waals surface area contributed by atoms with Gasteiger partial charge < -0.3 is 9.64 Å². The Kier molecular flexibility index (Phi) is 6.04. The number of nitrogens with zero attached hydrogens (tertiary/aromatic N) is 1. The minimum absolute atomic E-state index is 0.0882. The number of carbonyl (C=O) groups excluding carboxylic acids is 2. The van der Waals surface area contributed by atoms with Crippen LogP contribution >= 0.6 is 23.1 Å². The number of carbonyl (C=O) groups is 2. The monoisotopic (exact) mass is 389 g/mol. The molecule has 1 aromatic heterocycles. The standard InChI is InChI=1S/C20H23NO3S2/c1-4-15-14-9-7-6-8-13(14)12-16(20(23)24-5-2)21(15)19(22)17-10-11-18(25-3)26-17/h6-11,15-16H,4-5,12H2,1-3H3. The van der Waals surface area contributed by atoms with E-state index in [0.717, 1.165) is 21.8 Å². The summed E-state index contributed by atoms with van der Waals surface area (Å²) >= 11 is 3.10. The third kappa shape index (κ3) is 3.53. The Labute approximate surface area is 162 Å². The molecule has 0 spiro atoms. The van der Waals surface area contributed by atoms with Gasteiger partial charge in [-0.05, 0) is 42.9 Å². The number of rotatable bonds is 5. The zero-order chi connectivity index (χ0) is 18.7. The van der Waals surface area contributed by atoms with Crippen LogP contribution in [-0.2, 0) is 16.0 Å². The first-order chi connectivity index (χ1) is 12.6. The maximum absolute atomic E-state index is 13.3. The van der Waals surface area contributed by atoms with Gasteiger partial charge in [-0.2, -0.15) is 0 Å². The summed E-state index contributed by atoms with van der Waals surface area (Å²) in [6, 6.07) is 11.2. The number of thiophene rings is 1. The van der Waals surface area contributed by atoms with Gasteiger partial charge in [0, 0.05) is 6.42 Å². The van der Waals surface area contributed by atoms with Crippen molar-refractivity contribution in [2.24, 2.45) is 0 Å². The molecule has 3 rings (SSSR count). The summed E-state index contributed by atoms with van der Waals surface area (Å²) in [7, 11) is 0. The SMILES string of the molecule is CCOC(=O)C1Cc2ccccc2C(CC)N1C(=O)c1ccc(SC)s1. The number of hydrogen-bond donors (Lipinski definition) is 0. The van der Waals surface area contributed by atoms with Crippen molar-refractivity contribution in [2.45, 2.75) is 43.0 Å². The van der Waals surface area contributed by atoms with E-state index in [1.165, 1.54) is 11.3 Å². The Balaban J connectivity index is 2.04.